The lowest BCUT2D eigenvalue weighted by Crippen LogP contribution is -2.43. The van der Waals surface area contributed by atoms with Gasteiger partial charge in [-0.15, -0.1) is 0 Å². The Kier molecular flexibility index (Phi) is 4.48. The number of anilines is 1. The van der Waals surface area contributed by atoms with E-state index in [1.165, 1.54) is 16.8 Å². The van der Waals surface area contributed by atoms with Crippen molar-refractivity contribution in [3.05, 3.63) is 29.3 Å². The first-order valence-electron chi connectivity index (χ1n) is 7.18. The highest BCUT2D eigenvalue weighted by Crippen LogP contribution is 2.29. The van der Waals surface area contributed by atoms with Crippen LogP contribution in [-0.2, 0) is 0 Å². The van der Waals surface area contributed by atoms with Crippen molar-refractivity contribution >= 4 is 5.69 Å². The predicted molar refractivity (Wildman–Crippen MR) is 80.8 cm³/mol. The Balaban J connectivity index is 2.35. The van der Waals surface area contributed by atoms with E-state index in [0.29, 0.717) is 6.04 Å². The molecule has 3 heteroatoms. The van der Waals surface area contributed by atoms with Crippen LogP contribution in [0.15, 0.2) is 18.2 Å². The van der Waals surface area contributed by atoms with Crippen LogP contribution in [0.5, 0.6) is 0 Å². The molecule has 106 valence electrons. The van der Waals surface area contributed by atoms with Crippen molar-refractivity contribution in [1.29, 1.82) is 0 Å². The molecule has 1 heterocycles. The number of aryl methyl sites for hydroxylation is 2. The smallest absolute Gasteiger partial charge is 0.0604 e. The summed E-state index contributed by atoms with van der Waals surface area (Å²) in [6.45, 7) is 8.83. The second-order valence-electron chi connectivity index (χ2n) is 5.85. The minimum atomic E-state index is 0.226. The topological polar surface area (TPSA) is 26.7 Å². The number of benzene rings is 1. The number of hydrogen-bond acceptors (Lipinski definition) is 3. The molecule has 19 heavy (non-hydrogen) atoms. The lowest BCUT2D eigenvalue weighted by atomic mass is 10.0. The molecule has 1 fully saturated rings. The van der Waals surface area contributed by atoms with E-state index in [-0.39, 0.29) is 12.6 Å². The van der Waals surface area contributed by atoms with E-state index < -0.39 is 0 Å². The molecule has 0 amide bonds. The van der Waals surface area contributed by atoms with Gasteiger partial charge in [0.15, 0.2) is 0 Å². The molecule has 0 aromatic heterocycles. The minimum absolute atomic E-state index is 0.226. The predicted octanol–water partition coefficient (Wildman–Crippen LogP) is 2.19. The summed E-state index contributed by atoms with van der Waals surface area (Å²) in [5, 5.41) is 9.61. The molecule has 1 aromatic rings. The van der Waals surface area contributed by atoms with Crippen LogP contribution < -0.4 is 4.90 Å². The highest BCUT2D eigenvalue weighted by molar-refractivity contribution is 5.59. The lowest BCUT2D eigenvalue weighted by Gasteiger charge is -2.34. The maximum absolute atomic E-state index is 9.61. The number of aliphatic hydroxyl groups excluding tert-OH is 1. The average molecular weight is 262 g/mol. The first-order valence-corrected chi connectivity index (χ1v) is 7.18. The first kappa shape index (κ1) is 14.4. The first-order chi connectivity index (χ1) is 9.04. The molecule has 0 spiro atoms. The second-order valence-corrected chi connectivity index (χ2v) is 5.85. The Morgan fingerprint density at radius 1 is 1.26 bits per heavy atom. The van der Waals surface area contributed by atoms with Gasteiger partial charge in [-0.25, -0.2) is 0 Å². The summed E-state index contributed by atoms with van der Waals surface area (Å²) in [5.41, 5.74) is 4.00. The third-order valence-electron chi connectivity index (χ3n) is 4.40. The van der Waals surface area contributed by atoms with Crippen molar-refractivity contribution in [2.75, 3.05) is 31.6 Å². The van der Waals surface area contributed by atoms with Gasteiger partial charge >= 0.3 is 0 Å². The molecule has 1 N–H and O–H groups in total. The fraction of sp³-hybridized carbons (Fsp3) is 0.625. The van der Waals surface area contributed by atoms with Gasteiger partial charge in [-0.05, 0) is 45.4 Å². The van der Waals surface area contributed by atoms with E-state index in [1.807, 2.05) is 0 Å². The number of rotatable bonds is 2. The van der Waals surface area contributed by atoms with E-state index >= 15 is 0 Å². The molecule has 1 saturated heterocycles. The van der Waals surface area contributed by atoms with E-state index in [9.17, 15) is 5.11 Å². The SMILES string of the molecule is Cc1cccc(C)c1N1CC(CO)N(C)CCC1C. The van der Waals surface area contributed by atoms with Crippen LogP contribution in [0, 0.1) is 13.8 Å². The Hall–Kier alpha value is -1.06. The summed E-state index contributed by atoms with van der Waals surface area (Å²) in [6, 6.07) is 7.21. The van der Waals surface area contributed by atoms with Gasteiger partial charge in [0, 0.05) is 30.9 Å². The summed E-state index contributed by atoms with van der Waals surface area (Å²) in [5.74, 6) is 0. The standard InChI is InChI=1S/C16H26N2O/c1-12-6-5-7-13(2)16(12)18-10-15(11-19)17(4)9-8-14(18)3/h5-7,14-15,19H,8-11H2,1-4H3. The zero-order valence-electron chi connectivity index (χ0n) is 12.6. The fourth-order valence-electron chi connectivity index (χ4n) is 3.04. The highest BCUT2D eigenvalue weighted by Gasteiger charge is 2.27. The lowest BCUT2D eigenvalue weighted by molar-refractivity contribution is 0.159. The van der Waals surface area contributed by atoms with Crippen LogP contribution in [0.3, 0.4) is 0 Å². The molecule has 0 saturated carbocycles. The quantitative estimate of drug-likeness (QED) is 0.885. The van der Waals surface area contributed by atoms with Gasteiger partial charge in [0.2, 0.25) is 0 Å². The van der Waals surface area contributed by atoms with Gasteiger partial charge in [-0.2, -0.15) is 0 Å². The van der Waals surface area contributed by atoms with Crippen molar-refractivity contribution in [3.63, 3.8) is 0 Å². The van der Waals surface area contributed by atoms with E-state index in [0.717, 1.165) is 19.5 Å². The van der Waals surface area contributed by atoms with E-state index in [2.05, 4.69) is 55.8 Å². The number of aliphatic hydroxyl groups is 1. The van der Waals surface area contributed by atoms with E-state index in [4.69, 9.17) is 0 Å². The van der Waals surface area contributed by atoms with Crippen LogP contribution in [0.2, 0.25) is 0 Å². The molecular weight excluding hydrogens is 236 g/mol. The van der Waals surface area contributed by atoms with Crippen LogP contribution in [0.25, 0.3) is 0 Å². The number of para-hydroxylation sites is 1. The Labute approximate surface area is 116 Å². The zero-order chi connectivity index (χ0) is 14.0. The summed E-state index contributed by atoms with van der Waals surface area (Å²) < 4.78 is 0. The van der Waals surface area contributed by atoms with Gasteiger partial charge in [-0.3, -0.25) is 4.90 Å². The van der Waals surface area contributed by atoms with Gasteiger partial charge in [-0.1, -0.05) is 18.2 Å². The van der Waals surface area contributed by atoms with Crippen molar-refractivity contribution in [2.24, 2.45) is 0 Å². The monoisotopic (exact) mass is 262 g/mol. The van der Waals surface area contributed by atoms with Crippen molar-refractivity contribution < 1.29 is 5.11 Å². The molecule has 3 nitrogen and oxygen atoms in total. The molecule has 1 aliphatic rings. The van der Waals surface area contributed by atoms with Gasteiger partial charge < -0.3 is 10.0 Å². The molecule has 2 unspecified atom stereocenters. The Bertz CT molecular complexity index is 413. The third-order valence-corrected chi connectivity index (χ3v) is 4.40. The van der Waals surface area contributed by atoms with Gasteiger partial charge in [0.25, 0.3) is 0 Å². The van der Waals surface area contributed by atoms with Crippen molar-refractivity contribution in [2.45, 2.75) is 39.3 Å². The molecule has 1 aromatic carbocycles. The maximum Gasteiger partial charge on any atom is 0.0604 e. The summed E-state index contributed by atoms with van der Waals surface area (Å²) in [7, 11) is 2.11. The van der Waals surface area contributed by atoms with Crippen LogP contribution in [-0.4, -0.2) is 48.8 Å². The number of nitrogens with zero attached hydrogens (tertiary/aromatic N) is 2. The Morgan fingerprint density at radius 2 is 1.89 bits per heavy atom. The highest BCUT2D eigenvalue weighted by atomic mass is 16.3. The molecule has 2 rings (SSSR count). The molecule has 0 bridgehead atoms. The summed E-state index contributed by atoms with van der Waals surface area (Å²) >= 11 is 0. The second kappa shape index (κ2) is 5.93. The van der Waals surface area contributed by atoms with Crippen LogP contribution >= 0.6 is 0 Å². The fourth-order valence-corrected chi connectivity index (χ4v) is 3.04. The van der Waals surface area contributed by atoms with E-state index in [1.54, 1.807) is 0 Å². The summed E-state index contributed by atoms with van der Waals surface area (Å²) in [6.07, 6.45) is 1.14. The molecule has 2 atom stereocenters. The number of hydrogen-bond donors (Lipinski definition) is 1. The molecule has 0 aliphatic carbocycles. The Morgan fingerprint density at radius 3 is 2.47 bits per heavy atom. The molecule has 1 aliphatic heterocycles. The van der Waals surface area contributed by atoms with Crippen molar-refractivity contribution in [1.82, 2.24) is 4.90 Å². The van der Waals surface area contributed by atoms with Gasteiger partial charge in [0.05, 0.1) is 6.61 Å². The molecule has 0 radical (unpaired) electrons. The van der Waals surface area contributed by atoms with Crippen LogP contribution in [0.1, 0.15) is 24.5 Å². The average Bonchev–Trinajstić information content (AvgIpc) is 2.51. The number of likely N-dealkylation sites (N-methyl/N-ethyl adjacent to an activating group) is 1. The summed E-state index contributed by atoms with van der Waals surface area (Å²) in [4.78, 5) is 4.76. The van der Waals surface area contributed by atoms with Crippen molar-refractivity contribution in [3.8, 4) is 0 Å². The normalized spacial score (nSPS) is 25.4. The molecular formula is C16H26N2O. The van der Waals surface area contributed by atoms with Crippen LogP contribution in [0.4, 0.5) is 5.69 Å². The largest absolute Gasteiger partial charge is 0.395 e. The maximum atomic E-state index is 9.61. The van der Waals surface area contributed by atoms with Gasteiger partial charge in [0.1, 0.15) is 0 Å². The minimum Gasteiger partial charge on any atom is -0.395 e. The third kappa shape index (κ3) is 2.93. The zero-order valence-corrected chi connectivity index (χ0v) is 12.6.